The number of halogens is 2. The highest BCUT2D eigenvalue weighted by Gasteiger charge is 2.25. The number of rotatable bonds is 6. The van der Waals surface area contributed by atoms with Crippen molar-refractivity contribution in [2.24, 2.45) is 5.92 Å². The Bertz CT molecular complexity index is 405. The Hall–Kier alpha value is -0.600. The summed E-state index contributed by atoms with van der Waals surface area (Å²) in [6.07, 6.45) is 2.17. The fourth-order valence-electron chi connectivity index (χ4n) is 2.53. The predicted octanol–water partition coefficient (Wildman–Crippen LogP) is 5.39. The Morgan fingerprint density at radius 3 is 2.45 bits per heavy atom. The Labute approximate surface area is 127 Å². The van der Waals surface area contributed by atoms with Gasteiger partial charge in [0.2, 0.25) is 0 Å². The van der Waals surface area contributed by atoms with E-state index in [2.05, 4.69) is 39.9 Å². The van der Waals surface area contributed by atoms with Crippen molar-refractivity contribution in [2.75, 3.05) is 6.54 Å². The summed E-state index contributed by atoms with van der Waals surface area (Å²) >= 11 is 6.25. The smallest absolute Gasteiger partial charge is 0.128 e. The van der Waals surface area contributed by atoms with Crippen LogP contribution in [0.4, 0.5) is 4.39 Å². The van der Waals surface area contributed by atoms with E-state index >= 15 is 0 Å². The van der Waals surface area contributed by atoms with E-state index in [1.54, 1.807) is 12.1 Å². The summed E-state index contributed by atoms with van der Waals surface area (Å²) in [5, 5.41) is 4.02. The van der Waals surface area contributed by atoms with Crippen LogP contribution in [-0.2, 0) is 0 Å². The van der Waals surface area contributed by atoms with E-state index in [0.717, 1.165) is 19.4 Å². The lowest BCUT2D eigenvalue weighted by molar-refractivity contribution is 0.342. The number of benzene rings is 1. The standard InChI is InChI=1S/C17H27ClFN/c1-6-8-12(2)13(11-20-17(3,4)5)16-14(18)9-7-10-15(16)19/h7,9-10,12-13,20H,6,8,11H2,1-5H3. The second-order valence-corrected chi connectivity index (χ2v) is 7.05. The van der Waals surface area contributed by atoms with Gasteiger partial charge in [-0.3, -0.25) is 0 Å². The summed E-state index contributed by atoms with van der Waals surface area (Å²) in [5.74, 6) is 0.299. The normalized spacial score (nSPS) is 15.2. The number of nitrogens with one attached hydrogen (secondary N) is 1. The van der Waals surface area contributed by atoms with Crippen molar-refractivity contribution in [1.29, 1.82) is 0 Å². The molecule has 2 atom stereocenters. The molecule has 0 spiro atoms. The third-order valence-electron chi connectivity index (χ3n) is 3.65. The maximum atomic E-state index is 14.2. The molecule has 0 aromatic heterocycles. The quantitative estimate of drug-likeness (QED) is 0.743. The molecule has 1 aromatic carbocycles. The minimum atomic E-state index is -0.193. The monoisotopic (exact) mass is 299 g/mol. The van der Waals surface area contributed by atoms with Gasteiger partial charge in [-0.05, 0) is 38.8 Å². The van der Waals surface area contributed by atoms with Crippen LogP contribution in [0.25, 0.3) is 0 Å². The summed E-state index contributed by atoms with van der Waals surface area (Å²) in [4.78, 5) is 0. The van der Waals surface area contributed by atoms with Crippen LogP contribution >= 0.6 is 11.6 Å². The Balaban J connectivity index is 3.03. The van der Waals surface area contributed by atoms with Gasteiger partial charge in [-0.25, -0.2) is 4.39 Å². The molecule has 0 fully saturated rings. The Morgan fingerprint density at radius 2 is 1.95 bits per heavy atom. The zero-order valence-electron chi connectivity index (χ0n) is 13.3. The van der Waals surface area contributed by atoms with Gasteiger partial charge in [-0.15, -0.1) is 0 Å². The first-order valence-electron chi connectivity index (χ1n) is 7.45. The summed E-state index contributed by atoms with van der Waals surface area (Å²) in [6.45, 7) is 11.5. The van der Waals surface area contributed by atoms with E-state index in [0.29, 0.717) is 16.5 Å². The largest absolute Gasteiger partial charge is 0.311 e. The fraction of sp³-hybridized carbons (Fsp3) is 0.647. The van der Waals surface area contributed by atoms with Gasteiger partial charge in [-0.1, -0.05) is 44.4 Å². The zero-order chi connectivity index (χ0) is 15.3. The molecule has 1 rings (SSSR count). The third kappa shape index (κ3) is 5.06. The minimum Gasteiger partial charge on any atom is -0.311 e. The summed E-state index contributed by atoms with van der Waals surface area (Å²) in [5.41, 5.74) is 0.675. The molecular weight excluding hydrogens is 273 g/mol. The first-order chi connectivity index (χ1) is 9.26. The Morgan fingerprint density at radius 1 is 1.30 bits per heavy atom. The van der Waals surface area contributed by atoms with Gasteiger partial charge in [-0.2, -0.15) is 0 Å². The lowest BCUT2D eigenvalue weighted by Gasteiger charge is -2.30. The van der Waals surface area contributed by atoms with Gasteiger partial charge in [0.15, 0.2) is 0 Å². The molecule has 0 amide bonds. The zero-order valence-corrected chi connectivity index (χ0v) is 14.0. The van der Waals surface area contributed by atoms with E-state index in [1.807, 2.05) is 0 Å². The molecule has 0 bridgehead atoms. The van der Waals surface area contributed by atoms with Crippen molar-refractivity contribution in [3.05, 3.63) is 34.6 Å². The third-order valence-corrected chi connectivity index (χ3v) is 3.98. The minimum absolute atomic E-state index is 0.0158. The molecule has 0 saturated heterocycles. The fourth-order valence-corrected chi connectivity index (χ4v) is 2.83. The van der Waals surface area contributed by atoms with Crippen molar-refractivity contribution in [3.63, 3.8) is 0 Å². The molecule has 1 nitrogen and oxygen atoms in total. The van der Waals surface area contributed by atoms with Crippen molar-refractivity contribution >= 4 is 11.6 Å². The maximum Gasteiger partial charge on any atom is 0.128 e. The molecule has 0 heterocycles. The van der Waals surface area contributed by atoms with E-state index < -0.39 is 0 Å². The lowest BCUT2D eigenvalue weighted by atomic mass is 9.83. The second-order valence-electron chi connectivity index (χ2n) is 6.64. The van der Waals surface area contributed by atoms with Crippen molar-refractivity contribution in [2.45, 2.75) is 58.9 Å². The van der Waals surface area contributed by atoms with E-state index in [9.17, 15) is 4.39 Å². The van der Waals surface area contributed by atoms with Crippen LogP contribution < -0.4 is 5.32 Å². The van der Waals surface area contributed by atoms with Crippen molar-refractivity contribution < 1.29 is 4.39 Å². The maximum absolute atomic E-state index is 14.2. The molecule has 114 valence electrons. The van der Waals surface area contributed by atoms with Crippen LogP contribution in [0.5, 0.6) is 0 Å². The first kappa shape index (κ1) is 17.5. The highest BCUT2D eigenvalue weighted by Crippen LogP contribution is 2.34. The average Bonchev–Trinajstić information content (AvgIpc) is 2.31. The predicted molar refractivity (Wildman–Crippen MR) is 86.0 cm³/mol. The van der Waals surface area contributed by atoms with Gasteiger partial charge >= 0.3 is 0 Å². The van der Waals surface area contributed by atoms with Gasteiger partial charge in [0.05, 0.1) is 0 Å². The van der Waals surface area contributed by atoms with Gasteiger partial charge in [0.25, 0.3) is 0 Å². The molecule has 1 aromatic rings. The van der Waals surface area contributed by atoms with Crippen LogP contribution in [-0.4, -0.2) is 12.1 Å². The van der Waals surface area contributed by atoms with Crippen LogP contribution in [0.2, 0.25) is 5.02 Å². The summed E-state index contributed by atoms with van der Waals surface area (Å²) in [7, 11) is 0. The summed E-state index contributed by atoms with van der Waals surface area (Å²) in [6, 6.07) is 4.95. The molecule has 0 aliphatic carbocycles. The first-order valence-corrected chi connectivity index (χ1v) is 7.83. The number of hydrogen-bond acceptors (Lipinski definition) is 1. The molecule has 2 unspecified atom stereocenters. The molecule has 0 aliphatic rings. The van der Waals surface area contributed by atoms with Crippen LogP contribution in [0.15, 0.2) is 18.2 Å². The Kier molecular flexibility index (Phi) is 6.47. The van der Waals surface area contributed by atoms with E-state index in [1.165, 1.54) is 6.07 Å². The van der Waals surface area contributed by atoms with Gasteiger partial charge < -0.3 is 5.32 Å². The van der Waals surface area contributed by atoms with Crippen LogP contribution in [0.3, 0.4) is 0 Å². The van der Waals surface area contributed by atoms with Gasteiger partial charge in [0, 0.05) is 28.6 Å². The summed E-state index contributed by atoms with van der Waals surface area (Å²) < 4.78 is 14.2. The SMILES string of the molecule is CCCC(C)C(CNC(C)(C)C)c1c(F)cccc1Cl. The van der Waals surface area contributed by atoms with Gasteiger partial charge in [0.1, 0.15) is 5.82 Å². The molecule has 3 heteroatoms. The van der Waals surface area contributed by atoms with E-state index in [-0.39, 0.29) is 17.3 Å². The molecule has 0 radical (unpaired) electrons. The van der Waals surface area contributed by atoms with Crippen LogP contribution in [0, 0.1) is 11.7 Å². The molecular formula is C17H27ClFN. The molecule has 0 saturated carbocycles. The molecule has 0 aliphatic heterocycles. The second kappa shape index (κ2) is 7.42. The number of hydrogen-bond donors (Lipinski definition) is 1. The van der Waals surface area contributed by atoms with E-state index in [4.69, 9.17) is 11.6 Å². The van der Waals surface area contributed by atoms with Crippen LogP contribution in [0.1, 0.15) is 58.9 Å². The van der Waals surface area contributed by atoms with Crippen molar-refractivity contribution in [1.82, 2.24) is 5.32 Å². The average molecular weight is 300 g/mol. The highest BCUT2D eigenvalue weighted by molar-refractivity contribution is 6.31. The highest BCUT2D eigenvalue weighted by atomic mass is 35.5. The molecule has 20 heavy (non-hydrogen) atoms. The molecule has 1 N–H and O–H groups in total. The topological polar surface area (TPSA) is 12.0 Å². The lowest BCUT2D eigenvalue weighted by Crippen LogP contribution is -2.40. The van der Waals surface area contributed by atoms with Crippen molar-refractivity contribution in [3.8, 4) is 0 Å².